The van der Waals surface area contributed by atoms with E-state index in [4.69, 9.17) is 9.47 Å². The Kier molecular flexibility index (Phi) is 4.81. The molecule has 21 heavy (non-hydrogen) atoms. The molecule has 2 rings (SSSR count). The van der Waals surface area contributed by atoms with Crippen molar-refractivity contribution in [3.63, 3.8) is 0 Å². The molecule has 0 unspecified atom stereocenters. The summed E-state index contributed by atoms with van der Waals surface area (Å²) in [7, 11) is 1.62. The van der Waals surface area contributed by atoms with Gasteiger partial charge in [0.2, 0.25) is 0 Å². The number of ether oxygens (including phenoxy) is 2. The van der Waals surface area contributed by atoms with Crippen LogP contribution in [-0.4, -0.2) is 35.9 Å². The number of amides is 1. The number of H-pyrrole nitrogens is 1. The Morgan fingerprint density at radius 1 is 1.33 bits per heavy atom. The molecule has 0 radical (unpaired) electrons. The number of nitrogens with one attached hydrogen (secondary N) is 2. The molecule has 1 heterocycles. The lowest BCUT2D eigenvalue weighted by atomic mass is 10.3. The van der Waals surface area contributed by atoms with Crippen molar-refractivity contribution >= 4 is 5.91 Å². The zero-order valence-corrected chi connectivity index (χ0v) is 12.3. The molecule has 0 bridgehead atoms. The molecule has 1 amide bonds. The highest BCUT2D eigenvalue weighted by Crippen LogP contribution is 2.17. The second-order valence-corrected chi connectivity index (χ2v) is 4.75. The third-order valence-electron chi connectivity index (χ3n) is 2.89. The highest BCUT2D eigenvalue weighted by molar-refractivity contribution is 5.92. The lowest BCUT2D eigenvalue weighted by molar-refractivity contribution is 0.0927. The minimum atomic E-state index is -0.218. The predicted octanol–water partition coefficient (Wildman–Crippen LogP) is 1.92. The van der Waals surface area contributed by atoms with Gasteiger partial charge in [-0.3, -0.25) is 9.89 Å². The van der Waals surface area contributed by atoms with Crippen LogP contribution in [0.1, 0.15) is 23.1 Å². The van der Waals surface area contributed by atoms with Gasteiger partial charge in [-0.05, 0) is 44.2 Å². The van der Waals surface area contributed by atoms with Crippen LogP contribution >= 0.6 is 0 Å². The minimum absolute atomic E-state index is 0.151. The van der Waals surface area contributed by atoms with Crippen molar-refractivity contribution in [3.05, 3.63) is 41.7 Å². The van der Waals surface area contributed by atoms with Gasteiger partial charge >= 0.3 is 0 Å². The van der Waals surface area contributed by atoms with Crippen molar-refractivity contribution in [2.75, 3.05) is 13.7 Å². The summed E-state index contributed by atoms with van der Waals surface area (Å²) in [5, 5.41) is 9.42. The quantitative estimate of drug-likeness (QED) is 0.852. The minimum Gasteiger partial charge on any atom is -0.497 e. The molecule has 0 spiro atoms. The fourth-order valence-corrected chi connectivity index (χ4v) is 1.79. The van der Waals surface area contributed by atoms with E-state index in [2.05, 4.69) is 15.5 Å². The molecule has 1 aromatic carbocycles. The number of aromatic nitrogens is 2. The Balaban J connectivity index is 1.81. The molecule has 6 nitrogen and oxygen atoms in total. The molecule has 2 aromatic rings. The van der Waals surface area contributed by atoms with Crippen LogP contribution in [-0.2, 0) is 0 Å². The van der Waals surface area contributed by atoms with Crippen molar-refractivity contribution in [2.45, 2.75) is 20.0 Å². The number of carbonyl (C=O) groups excluding carboxylic acids is 1. The largest absolute Gasteiger partial charge is 0.497 e. The fraction of sp³-hybridized carbons (Fsp3) is 0.333. The summed E-state index contributed by atoms with van der Waals surface area (Å²) in [6.07, 6.45) is -0.151. The van der Waals surface area contributed by atoms with Gasteiger partial charge in [-0.1, -0.05) is 0 Å². The van der Waals surface area contributed by atoms with Crippen LogP contribution in [0, 0.1) is 6.92 Å². The predicted molar refractivity (Wildman–Crippen MR) is 78.7 cm³/mol. The molecule has 112 valence electrons. The van der Waals surface area contributed by atoms with Crippen molar-refractivity contribution in [1.82, 2.24) is 15.5 Å². The second-order valence-electron chi connectivity index (χ2n) is 4.75. The van der Waals surface area contributed by atoms with Gasteiger partial charge < -0.3 is 14.8 Å². The van der Waals surface area contributed by atoms with Gasteiger partial charge in [-0.25, -0.2) is 0 Å². The van der Waals surface area contributed by atoms with E-state index in [1.165, 1.54) is 0 Å². The molecule has 0 aliphatic carbocycles. The summed E-state index contributed by atoms with van der Waals surface area (Å²) in [5.74, 6) is 1.29. The fourth-order valence-electron chi connectivity index (χ4n) is 1.79. The zero-order chi connectivity index (χ0) is 15.2. The van der Waals surface area contributed by atoms with Crippen molar-refractivity contribution < 1.29 is 14.3 Å². The van der Waals surface area contributed by atoms with Crippen LogP contribution < -0.4 is 14.8 Å². The molecular weight excluding hydrogens is 270 g/mol. The van der Waals surface area contributed by atoms with E-state index in [9.17, 15) is 4.79 Å². The number of methoxy groups -OCH3 is 1. The van der Waals surface area contributed by atoms with E-state index in [-0.39, 0.29) is 12.0 Å². The van der Waals surface area contributed by atoms with Crippen LogP contribution in [0.15, 0.2) is 30.3 Å². The molecule has 0 saturated heterocycles. The average molecular weight is 289 g/mol. The molecule has 0 saturated carbocycles. The Morgan fingerprint density at radius 3 is 2.57 bits per heavy atom. The van der Waals surface area contributed by atoms with E-state index in [1.807, 2.05) is 38.1 Å². The van der Waals surface area contributed by atoms with E-state index >= 15 is 0 Å². The Hall–Kier alpha value is -2.50. The lowest BCUT2D eigenvalue weighted by Gasteiger charge is -2.15. The monoisotopic (exact) mass is 289 g/mol. The van der Waals surface area contributed by atoms with E-state index in [1.54, 1.807) is 13.2 Å². The summed E-state index contributed by atoms with van der Waals surface area (Å²) >= 11 is 0. The van der Waals surface area contributed by atoms with Crippen molar-refractivity contribution in [2.24, 2.45) is 0 Å². The van der Waals surface area contributed by atoms with Gasteiger partial charge in [0, 0.05) is 5.69 Å². The van der Waals surface area contributed by atoms with Crippen LogP contribution in [0.4, 0.5) is 0 Å². The summed E-state index contributed by atoms with van der Waals surface area (Å²) in [5.41, 5.74) is 1.23. The number of hydrogen-bond acceptors (Lipinski definition) is 4. The molecule has 0 fully saturated rings. The smallest absolute Gasteiger partial charge is 0.271 e. The normalized spacial score (nSPS) is 11.8. The number of aryl methyl sites for hydroxylation is 1. The zero-order valence-electron chi connectivity index (χ0n) is 12.3. The molecular formula is C15H19N3O3. The van der Waals surface area contributed by atoms with Gasteiger partial charge in [0.05, 0.1) is 13.7 Å². The maximum atomic E-state index is 11.8. The topological polar surface area (TPSA) is 76.2 Å². The van der Waals surface area contributed by atoms with Gasteiger partial charge in [-0.2, -0.15) is 5.10 Å². The Bertz CT molecular complexity index is 592. The average Bonchev–Trinajstić information content (AvgIpc) is 2.92. The maximum Gasteiger partial charge on any atom is 0.271 e. The van der Waals surface area contributed by atoms with Crippen LogP contribution in [0.3, 0.4) is 0 Å². The van der Waals surface area contributed by atoms with Crippen LogP contribution in [0.25, 0.3) is 0 Å². The number of nitrogens with zero attached hydrogens (tertiary/aromatic N) is 1. The molecule has 0 aliphatic heterocycles. The van der Waals surface area contributed by atoms with Gasteiger partial charge in [0.25, 0.3) is 5.91 Å². The molecule has 1 atom stereocenters. The van der Waals surface area contributed by atoms with Gasteiger partial charge in [-0.15, -0.1) is 0 Å². The summed E-state index contributed by atoms with van der Waals surface area (Å²) in [6.45, 7) is 4.14. The standard InChI is InChI=1S/C15H19N3O3/c1-10-8-14(18-17-10)15(19)16-9-11(2)21-13-6-4-12(20-3)5-7-13/h4-8,11H,9H2,1-3H3,(H,16,19)(H,17,18)/t11-/m1/s1. The third-order valence-corrected chi connectivity index (χ3v) is 2.89. The van der Waals surface area contributed by atoms with E-state index in [0.717, 1.165) is 17.2 Å². The molecule has 2 N–H and O–H groups in total. The second kappa shape index (κ2) is 6.78. The number of carbonyl (C=O) groups is 1. The lowest BCUT2D eigenvalue weighted by Crippen LogP contribution is -2.33. The van der Waals surface area contributed by atoms with E-state index < -0.39 is 0 Å². The van der Waals surface area contributed by atoms with Crippen molar-refractivity contribution in [3.8, 4) is 11.5 Å². The Morgan fingerprint density at radius 2 is 2.00 bits per heavy atom. The first kappa shape index (κ1) is 14.9. The summed E-state index contributed by atoms with van der Waals surface area (Å²) < 4.78 is 10.8. The highest BCUT2D eigenvalue weighted by atomic mass is 16.5. The van der Waals surface area contributed by atoms with Crippen LogP contribution in [0.5, 0.6) is 11.5 Å². The van der Waals surface area contributed by atoms with E-state index in [0.29, 0.717) is 12.2 Å². The maximum absolute atomic E-state index is 11.8. The first-order valence-corrected chi connectivity index (χ1v) is 6.69. The van der Waals surface area contributed by atoms with Gasteiger partial charge in [0.15, 0.2) is 0 Å². The number of hydrogen-bond donors (Lipinski definition) is 2. The molecule has 1 aromatic heterocycles. The summed E-state index contributed by atoms with van der Waals surface area (Å²) in [6, 6.07) is 9.01. The van der Waals surface area contributed by atoms with Gasteiger partial charge in [0.1, 0.15) is 23.3 Å². The Labute approximate surface area is 123 Å². The number of aromatic amines is 1. The first-order chi connectivity index (χ1) is 10.1. The van der Waals surface area contributed by atoms with Crippen molar-refractivity contribution in [1.29, 1.82) is 0 Å². The highest BCUT2D eigenvalue weighted by Gasteiger charge is 2.11. The summed E-state index contributed by atoms with van der Waals surface area (Å²) in [4.78, 5) is 11.8. The first-order valence-electron chi connectivity index (χ1n) is 6.69. The SMILES string of the molecule is COc1ccc(O[C@H](C)CNC(=O)c2cc(C)[nH]n2)cc1. The third kappa shape index (κ3) is 4.24. The van der Waals surface area contributed by atoms with Crippen LogP contribution in [0.2, 0.25) is 0 Å². The number of rotatable bonds is 6. The number of benzene rings is 1. The molecule has 6 heteroatoms. The molecule has 0 aliphatic rings.